The Balaban J connectivity index is 3.93. The molecule has 0 spiro atoms. The summed E-state index contributed by atoms with van der Waals surface area (Å²) in [6.07, 6.45) is 0.551. The molecule has 0 rings (SSSR count). The van der Waals surface area contributed by atoms with Crippen LogP contribution in [0.4, 0.5) is 0 Å². The lowest BCUT2D eigenvalue weighted by atomic mass is 10.1. The number of carbonyl (C=O) groups excluding carboxylic acids is 2. The van der Waals surface area contributed by atoms with Gasteiger partial charge in [-0.1, -0.05) is 0 Å². The number of rotatable bonds is 5. The van der Waals surface area contributed by atoms with Crippen LogP contribution in [0.25, 0.3) is 0 Å². The van der Waals surface area contributed by atoms with E-state index in [9.17, 15) is 9.59 Å². The molecule has 0 heterocycles. The van der Waals surface area contributed by atoms with Crippen LogP contribution in [0.2, 0.25) is 0 Å². The van der Waals surface area contributed by atoms with Crippen molar-refractivity contribution in [2.75, 3.05) is 6.54 Å². The van der Waals surface area contributed by atoms with Gasteiger partial charge in [-0.3, -0.25) is 9.59 Å². The van der Waals surface area contributed by atoms with Gasteiger partial charge in [0.15, 0.2) is 0 Å². The predicted molar refractivity (Wildman–Crippen MR) is 61.7 cm³/mol. The van der Waals surface area contributed by atoms with Gasteiger partial charge in [0.1, 0.15) is 11.6 Å². The minimum absolute atomic E-state index is 0.0958. The minimum Gasteiger partial charge on any atom is -0.459 e. The topological polar surface area (TPSA) is 81.4 Å². The van der Waals surface area contributed by atoms with Crippen molar-refractivity contribution in [2.45, 2.75) is 52.2 Å². The molecule has 0 fully saturated rings. The molecular formula is C11H22N2O3. The molecule has 1 atom stereocenters. The molecule has 1 amide bonds. The minimum atomic E-state index is -0.734. The molecule has 0 aliphatic heterocycles. The number of nitrogens with one attached hydrogen (secondary N) is 1. The smallest absolute Gasteiger partial charge is 0.323 e. The van der Waals surface area contributed by atoms with Crippen LogP contribution in [0.3, 0.4) is 0 Å². The van der Waals surface area contributed by atoms with Gasteiger partial charge in [-0.05, 0) is 34.1 Å². The normalized spacial score (nSPS) is 13.1. The first-order valence-electron chi connectivity index (χ1n) is 5.51. The van der Waals surface area contributed by atoms with E-state index in [1.54, 1.807) is 20.8 Å². The Bertz CT molecular complexity index is 246. The van der Waals surface area contributed by atoms with Gasteiger partial charge in [0.05, 0.1) is 0 Å². The van der Waals surface area contributed by atoms with Gasteiger partial charge < -0.3 is 15.8 Å². The second kappa shape index (κ2) is 6.48. The van der Waals surface area contributed by atoms with Gasteiger partial charge in [-0.25, -0.2) is 0 Å². The van der Waals surface area contributed by atoms with Crippen LogP contribution in [0.5, 0.6) is 0 Å². The molecule has 0 bridgehead atoms. The summed E-state index contributed by atoms with van der Waals surface area (Å²) in [7, 11) is 0. The fourth-order valence-electron chi connectivity index (χ4n) is 1.07. The maximum Gasteiger partial charge on any atom is 0.323 e. The molecule has 0 aliphatic carbocycles. The van der Waals surface area contributed by atoms with E-state index < -0.39 is 17.6 Å². The number of hydrogen-bond acceptors (Lipinski definition) is 4. The Morgan fingerprint density at radius 2 is 1.94 bits per heavy atom. The molecule has 0 aromatic rings. The van der Waals surface area contributed by atoms with E-state index in [-0.39, 0.29) is 12.3 Å². The average Bonchev–Trinajstić information content (AvgIpc) is 2.11. The van der Waals surface area contributed by atoms with Crippen molar-refractivity contribution in [1.82, 2.24) is 5.32 Å². The van der Waals surface area contributed by atoms with Crippen LogP contribution in [0.15, 0.2) is 0 Å². The third-order valence-electron chi connectivity index (χ3n) is 1.77. The maximum atomic E-state index is 11.5. The van der Waals surface area contributed by atoms with Gasteiger partial charge in [0, 0.05) is 13.0 Å². The molecule has 0 aromatic heterocycles. The molecule has 3 N–H and O–H groups in total. The van der Waals surface area contributed by atoms with Crippen molar-refractivity contribution in [1.29, 1.82) is 0 Å². The van der Waals surface area contributed by atoms with Crippen molar-refractivity contribution in [3.63, 3.8) is 0 Å². The van der Waals surface area contributed by atoms with E-state index >= 15 is 0 Å². The quantitative estimate of drug-likeness (QED) is 0.677. The highest BCUT2D eigenvalue weighted by Gasteiger charge is 2.22. The van der Waals surface area contributed by atoms with Crippen molar-refractivity contribution in [3.8, 4) is 0 Å². The lowest BCUT2D eigenvalue weighted by molar-refractivity contribution is -0.156. The fourth-order valence-corrected chi connectivity index (χ4v) is 1.07. The Kier molecular flexibility index (Phi) is 6.03. The zero-order valence-electron chi connectivity index (χ0n) is 10.5. The molecule has 94 valence electrons. The Morgan fingerprint density at radius 3 is 2.38 bits per heavy atom. The highest BCUT2D eigenvalue weighted by atomic mass is 16.6. The van der Waals surface area contributed by atoms with Gasteiger partial charge in [-0.2, -0.15) is 0 Å². The van der Waals surface area contributed by atoms with E-state index in [0.717, 1.165) is 0 Å². The molecule has 0 aromatic carbocycles. The zero-order chi connectivity index (χ0) is 12.8. The third kappa shape index (κ3) is 7.23. The van der Waals surface area contributed by atoms with Crippen LogP contribution in [0.1, 0.15) is 40.5 Å². The summed E-state index contributed by atoms with van der Waals surface area (Å²) in [5, 5.41) is 2.64. The Hall–Kier alpha value is -1.10. The Morgan fingerprint density at radius 1 is 1.38 bits per heavy atom. The van der Waals surface area contributed by atoms with Crippen molar-refractivity contribution < 1.29 is 14.3 Å². The molecule has 16 heavy (non-hydrogen) atoms. The van der Waals surface area contributed by atoms with Crippen molar-refractivity contribution >= 4 is 11.9 Å². The van der Waals surface area contributed by atoms with E-state index in [1.807, 2.05) is 6.92 Å². The highest BCUT2D eigenvalue weighted by Crippen LogP contribution is 2.09. The van der Waals surface area contributed by atoms with E-state index in [0.29, 0.717) is 13.0 Å². The number of ether oxygens (including phenoxy) is 1. The largest absolute Gasteiger partial charge is 0.459 e. The van der Waals surface area contributed by atoms with Crippen LogP contribution >= 0.6 is 0 Å². The number of carbonyl (C=O) groups is 2. The van der Waals surface area contributed by atoms with Crippen LogP contribution in [0, 0.1) is 0 Å². The van der Waals surface area contributed by atoms with Gasteiger partial charge >= 0.3 is 5.97 Å². The predicted octanol–water partition coefficient (Wildman–Crippen LogP) is 0.572. The molecule has 5 heteroatoms. The molecule has 0 saturated carbocycles. The van der Waals surface area contributed by atoms with E-state index in [2.05, 4.69) is 5.32 Å². The summed E-state index contributed by atoms with van der Waals surface area (Å²) in [5.41, 5.74) is 5.07. The molecule has 5 nitrogen and oxygen atoms in total. The zero-order valence-corrected chi connectivity index (χ0v) is 10.5. The number of hydrogen-bond donors (Lipinski definition) is 2. The van der Waals surface area contributed by atoms with Gasteiger partial charge in [0.25, 0.3) is 0 Å². The first-order valence-corrected chi connectivity index (χ1v) is 5.51. The summed E-state index contributed by atoms with van der Waals surface area (Å²) in [4.78, 5) is 22.6. The summed E-state index contributed by atoms with van der Waals surface area (Å²) < 4.78 is 5.10. The van der Waals surface area contributed by atoms with Crippen LogP contribution in [-0.2, 0) is 14.3 Å². The first-order chi connectivity index (χ1) is 7.26. The molecule has 0 saturated heterocycles. The van der Waals surface area contributed by atoms with E-state index in [1.165, 1.54) is 0 Å². The second-order valence-corrected chi connectivity index (χ2v) is 4.63. The summed E-state index contributed by atoms with van der Waals surface area (Å²) in [5.74, 6) is -0.557. The monoisotopic (exact) mass is 230 g/mol. The summed E-state index contributed by atoms with van der Waals surface area (Å²) in [6, 6.07) is -0.734. The lowest BCUT2D eigenvalue weighted by Gasteiger charge is -2.22. The number of amides is 1. The third-order valence-corrected chi connectivity index (χ3v) is 1.77. The van der Waals surface area contributed by atoms with Crippen LogP contribution in [-0.4, -0.2) is 30.1 Å². The van der Waals surface area contributed by atoms with Crippen LogP contribution < -0.4 is 11.1 Å². The summed E-state index contributed by atoms with van der Waals surface area (Å²) >= 11 is 0. The summed E-state index contributed by atoms with van der Waals surface area (Å²) in [6.45, 7) is 7.76. The Labute approximate surface area is 96.7 Å². The average molecular weight is 230 g/mol. The standard InChI is InChI=1S/C11H22N2O3/c1-5-13-9(14)7-6-8(12)10(15)16-11(2,3)4/h8H,5-7,12H2,1-4H3,(H,13,14)/t8-/m0/s1. The number of nitrogens with two attached hydrogens (primary N) is 1. The molecular weight excluding hydrogens is 208 g/mol. The van der Waals surface area contributed by atoms with Gasteiger partial charge in [0.2, 0.25) is 5.91 Å². The fraction of sp³-hybridized carbons (Fsp3) is 0.818. The van der Waals surface area contributed by atoms with Crippen molar-refractivity contribution in [3.05, 3.63) is 0 Å². The highest BCUT2D eigenvalue weighted by molar-refractivity contribution is 5.79. The lowest BCUT2D eigenvalue weighted by Crippen LogP contribution is -2.38. The molecule has 0 radical (unpaired) electrons. The first kappa shape index (κ1) is 14.9. The maximum absolute atomic E-state index is 11.5. The van der Waals surface area contributed by atoms with E-state index in [4.69, 9.17) is 10.5 Å². The second-order valence-electron chi connectivity index (χ2n) is 4.63. The molecule has 0 aliphatic rings. The van der Waals surface area contributed by atoms with Gasteiger partial charge in [-0.15, -0.1) is 0 Å². The van der Waals surface area contributed by atoms with Crippen molar-refractivity contribution in [2.24, 2.45) is 5.73 Å². The number of esters is 1. The molecule has 0 unspecified atom stereocenters. The SMILES string of the molecule is CCNC(=O)CC[C@H](N)C(=O)OC(C)(C)C.